The van der Waals surface area contributed by atoms with Gasteiger partial charge < -0.3 is 0 Å². The van der Waals surface area contributed by atoms with E-state index in [4.69, 9.17) is 16.9 Å². The van der Waals surface area contributed by atoms with Gasteiger partial charge >= 0.3 is 0 Å². The number of halogens is 1. The second-order valence-corrected chi connectivity index (χ2v) is 5.92. The van der Waals surface area contributed by atoms with Crippen LogP contribution >= 0.6 is 46.9 Å². The van der Waals surface area contributed by atoms with E-state index >= 15 is 0 Å². The molecule has 0 N–H and O–H groups in total. The maximum atomic E-state index is 8.47. The van der Waals surface area contributed by atoms with Crippen LogP contribution in [0.2, 0.25) is 5.02 Å². The van der Waals surface area contributed by atoms with E-state index < -0.39 is 0 Å². The molecule has 2 aromatic rings. The van der Waals surface area contributed by atoms with Crippen molar-refractivity contribution in [2.24, 2.45) is 0 Å². The van der Waals surface area contributed by atoms with Gasteiger partial charge in [-0.25, -0.2) is 0 Å². The quantitative estimate of drug-likeness (QED) is 0.368. The summed E-state index contributed by atoms with van der Waals surface area (Å²) in [7, 11) is 0. The lowest BCUT2D eigenvalue weighted by Gasteiger charge is -2.01. The number of hydrogen-bond donors (Lipinski definition) is 0. The van der Waals surface area contributed by atoms with Crippen molar-refractivity contribution in [3.8, 4) is 16.7 Å². The zero-order chi connectivity index (χ0) is 12.1. The number of nitriles is 1. The van der Waals surface area contributed by atoms with Gasteiger partial charge in [0.1, 0.15) is 16.1 Å². The summed E-state index contributed by atoms with van der Waals surface area (Å²) in [6.45, 7) is 0. The zero-order valence-corrected chi connectivity index (χ0v) is 11.7. The van der Waals surface area contributed by atoms with Crippen LogP contribution in [0.5, 0.6) is 0 Å². The molecular formula is C10H6ClN3S3. The third kappa shape index (κ3) is 3.13. The largest absolute Gasteiger partial charge is 0.185 e. The van der Waals surface area contributed by atoms with E-state index in [1.54, 1.807) is 0 Å². The number of thiocyanates is 1. The highest BCUT2D eigenvalue weighted by atomic mass is 35.5. The van der Waals surface area contributed by atoms with Gasteiger partial charge in [-0.2, -0.15) is 14.0 Å². The average molecular weight is 300 g/mol. The molecule has 2 rings (SSSR count). The molecule has 0 spiro atoms. The van der Waals surface area contributed by atoms with E-state index in [0.29, 0.717) is 10.1 Å². The molecule has 0 amide bonds. The van der Waals surface area contributed by atoms with Crippen molar-refractivity contribution in [1.82, 2.24) is 8.75 Å². The fourth-order valence-electron chi connectivity index (χ4n) is 1.20. The lowest BCUT2D eigenvalue weighted by Crippen LogP contribution is -1.82. The Morgan fingerprint density at radius 2 is 2.18 bits per heavy atom. The molecule has 0 aliphatic carbocycles. The van der Waals surface area contributed by atoms with Crippen LogP contribution in [0.25, 0.3) is 11.3 Å². The van der Waals surface area contributed by atoms with Crippen molar-refractivity contribution < 1.29 is 0 Å². The Labute approximate surface area is 117 Å². The summed E-state index contributed by atoms with van der Waals surface area (Å²) in [5, 5.41) is 12.6. The van der Waals surface area contributed by atoms with Crippen LogP contribution < -0.4 is 0 Å². The highest BCUT2D eigenvalue weighted by Crippen LogP contribution is 2.34. The molecule has 0 radical (unpaired) electrons. The van der Waals surface area contributed by atoms with Crippen LogP contribution in [0.15, 0.2) is 29.3 Å². The van der Waals surface area contributed by atoms with Crippen LogP contribution in [0.4, 0.5) is 0 Å². The molecule has 1 aromatic carbocycles. The summed E-state index contributed by atoms with van der Waals surface area (Å²) in [5.41, 5.74) is 1.68. The molecule has 1 aromatic heterocycles. The Kier molecular flexibility index (Phi) is 4.68. The molecule has 0 fully saturated rings. The first-order valence-corrected chi connectivity index (χ1v) is 7.62. The van der Waals surface area contributed by atoms with E-state index in [2.05, 4.69) is 8.75 Å². The minimum absolute atomic E-state index is 0.638. The smallest absolute Gasteiger partial charge is 0.139 e. The first-order valence-electron chi connectivity index (χ1n) is 4.54. The van der Waals surface area contributed by atoms with Gasteiger partial charge in [0.15, 0.2) is 0 Å². The maximum Gasteiger partial charge on any atom is 0.139 e. The summed E-state index contributed by atoms with van der Waals surface area (Å²) < 4.78 is 8.48. The molecule has 0 unspecified atom stereocenters. The van der Waals surface area contributed by atoms with E-state index in [1.807, 2.05) is 29.7 Å². The zero-order valence-electron chi connectivity index (χ0n) is 8.46. The van der Waals surface area contributed by atoms with E-state index in [1.165, 1.54) is 23.5 Å². The normalized spacial score (nSPS) is 10.1. The van der Waals surface area contributed by atoms with Crippen LogP contribution in [-0.4, -0.2) is 13.8 Å². The fourth-order valence-corrected chi connectivity index (χ4v) is 3.45. The fraction of sp³-hybridized carbons (Fsp3) is 0.100. The second-order valence-electron chi connectivity index (χ2n) is 2.90. The molecule has 3 nitrogen and oxygen atoms in total. The van der Waals surface area contributed by atoms with Crippen molar-refractivity contribution in [3.63, 3.8) is 0 Å². The standard InChI is InChI=1S/C10H6ClN3S3/c11-8-4-2-1-3-7(8)9-10(14-17-13-9)16-6-15-5-12/h1-4H,6H2. The number of thioether (sulfide) groups is 2. The van der Waals surface area contributed by atoms with Crippen LogP contribution in [-0.2, 0) is 0 Å². The Balaban J connectivity index is 2.25. The minimum Gasteiger partial charge on any atom is -0.185 e. The Morgan fingerprint density at radius 3 is 2.94 bits per heavy atom. The van der Waals surface area contributed by atoms with E-state index in [0.717, 1.165) is 28.0 Å². The van der Waals surface area contributed by atoms with Crippen LogP contribution in [0, 0.1) is 10.7 Å². The van der Waals surface area contributed by atoms with Gasteiger partial charge in [-0.15, -0.1) is 0 Å². The number of aromatic nitrogens is 2. The molecule has 0 saturated carbocycles. The molecule has 0 atom stereocenters. The maximum absolute atomic E-state index is 8.47. The highest BCUT2D eigenvalue weighted by molar-refractivity contribution is 8.18. The monoisotopic (exact) mass is 299 g/mol. The summed E-state index contributed by atoms with van der Waals surface area (Å²) in [6.07, 6.45) is 0. The topological polar surface area (TPSA) is 49.6 Å². The highest BCUT2D eigenvalue weighted by Gasteiger charge is 2.13. The average Bonchev–Trinajstić information content (AvgIpc) is 2.78. The number of nitrogens with zero attached hydrogens (tertiary/aromatic N) is 3. The van der Waals surface area contributed by atoms with Gasteiger partial charge in [0.05, 0.1) is 21.8 Å². The minimum atomic E-state index is 0.638. The predicted molar refractivity (Wildman–Crippen MR) is 74.3 cm³/mol. The molecule has 1 heterocycles. The molecule has 0 aliphatic rings. The van der Waals surface area contributed by atoms with Gasteiger partial charge in [0.25, 0.3) is 0 Å². The van der Waals surface area contributed by atoms with Crippen molar-refractivity contribution >= 4 is 46.9 Å². The summed E-state index contributed by atoms with van der Waals surface area (Å²) >= 11 is 9.96. The van der Waals surface area contributed by atoms with Gasteiger partial charge in [0.2, 0.25) is 0 Å². The van der Waals surface area contributed by atoms with Crippen molar-refractivity contribution in [2.75, 3.05) is 5.08 Å². The SMILES string of the molecule is N#CSCSc1nsnc1-c1ccccc1Cl. The summed E-state index contributed by atoms with van der Waals surface area (Å²) in [5.74, 6) is 0. The van der Waals surface area contributed by atoms with Gasteiger partial charge in [-0.05, 0) is 17.8 Å². The van der Waals surface area contributed by atoms with Gasteiger partial charge in [-0.3, -0.25) is 0 Å². The number of hydrogen-bond acceptors (Lipinski definition) is 6. The summed E-state index contributed by atoms with van der Waals surface area (Å²) in [6, 6.07) is 7.54. The lowest BCUT2D eigenvalue weighted by atomic mass is 10.2. The molecule has 0 aliphatic heterocycles. The van der Waals surface area contributed by atoms with Gasteiger partial charge in [-0.1, -0.05) is 41.6 Å². The lowest BCUT2D eigenvalue weighted by molar-refractivity contribution is 1.27. The molecule has 86 valence electrons. The molecular weight excluding hydrogens is 294 g/mol. The van der Waals surface area contributed by atoms with Crippen molar-refractivity contribution in [3.05, 3.63) is 29.3 Å². The molecule has 17 heavy (non-hydrogen) atoms. The van der Waals surface area contributed by atoms with E-state index in [9.17, 15) is 0 Å². The van der Waals surface area contributed by atoms with Crippen molar-refractivity contribution in [2.45, 2.75) is 5.03 Å². The van der Waals surface area contributed by atoms with Gasteiger partial charge in [0, 0.05) is 5.56 Å². The molecule has 0 saturated heterocycles. The van der Waals surface area contributed by atoms with Crippen molar-refractivity contribution in [1.29, 1.82) is 5.26 Å². The first-order chi connectivity index (χ1) is 8.33. The van der Waals surface area contributed by atoms with E-state index in [-0.39, 0.29) is 0 Å². The number of benzene rings is 1. The third-order valence-electron chi connectivity index (χ3n) is 1.91. The van der Waals surface area contributed by atoms with Crippen LogP contribution in [0.1, 0.15) is 0 Å². The number of rotatable bonds is 4. The molecule has 0 bridgehead atoms. The Morgan fingerprint density at radius 1 is 1.35 bits per heavy atom. The Bertz CT molecular complexity index is 550. The first kappa shape index (κ1) is 12.7. The second kappa shape index (κ2) is 6.26. The summed E-state index contributed by atoms with van der Waals surface area (Å²) in [4.78, 5) is 0. The predicted octanol–water partition coefficient (Wildman–Crippen LogP) is 4.12. The van der Waals surface area contributed by atoms with Crippen LogP contribution in [0.3, 0.4) is 0 Å². The third-order valence-corrected chi connectivity index (χ3v) is 4.51. The Hall–Kier alpha value is -0.740. The molecule has 7 heteroatoms.